The molecule has 0 bridgehead atoms. The van der Waals surface area contributed by atoms with Crippen LogP contribution < -0.4 is 0 Å². The van der Waals surface area contributed by atoms with Crippen molar-refractivity contribution < 1.29 is 4.74 Å². The number of hydrogen-bond acceptors (Lipinski definition) is 1. The van der Waals surface area contributed by atoms with E-state index in [4.69, 9.17) is 17.6 Å². The van der Waals surface area contributed by atoms with Crippen LogP contribution in [0.2, 0.25) is 0 Å². The van der Waals surface area contributed by atoms with Crippen molar-refractivity contribution in [1.29, 1.82) is 0 Å². The first kappa shape index (κ1) is 7.08. The second-order valence-electron chi connectivity index (χ2n) is 1.53. The minimum absolute atomic E-state index is 0.819. The third kappa shape index (κ3) is 1.30. The normalized spacial score (nSPS) is 9.50. The molecule has 0 aliphatic heterocycles. The van der Waals surface area contributed by atoms with Crippen molar-refractivity contribution >= 4 is 0 Å². The number of terminal acetylenes is 2. The number of rotatable bonds is 1. The van der Waals surface area contributed by atoms with E-state index < -0.39 is 5.60 Å². The second-order valence-corrected chi connectivity index (χ2v) is 1.53. The molecule has 1 nitrogen and oxygen atoms in total. The van der Waals surface area contributed by atoms with Crippen molar-refractivity contribution in [3.05, 3.63) is 0 Å². The van der Waals surface area contributed by atoms with Crippen molar-refractivity contribution in [3.63, 3.8) is 0 Å². The van der Waals surface area contributed by atoms with Crippen LogP contribution in [0.15, 0.2) is 0 Å². The van der Waals surface area contributed by atoms with Gasteiger partial charge in [-0.05, 0) is 6.92 Å². The van der Waals surface area contributed by atoms with E-state index >= 15 is 0 Å². The lowest BCUT2D eigenvalue weighted by atomic mass is 10.1. The van der Waals surface area contributed by atoms with Crippen LogP contribution in [0.5, 0.6) is 0 Å². The van der Waals surface area contributed by atoms with Gasteiger partial charge in [0.1, 0.15) is 0 Å². The first-order valence-corrected chi connectivity index (χ1v) is 2.19. The van der Waals surface area contributed by atoms with Crippen LogP contribution in [0.4, 0.5) is 0 Å². The Bertz CT molecular complexity index is 131. The summed E-state index contributed by atoms with van der Waals surface area (Å²) in [5.74, 6) is 4.64. The van der Waals surface area contributed by atoms with Gasteiger partial charge in [0, 0.05) is 7.11 Å². The molecule has 0 aromatic carbocycles. The van der Waals surface area contributed by atoms with Gasteiger partial charge < -0.3 is 4.74 Å². The SMILES string of the molecule is C#CC(C)(C#C)OC. The average Bonchev–Trinajstić information content (AvgIpc) is 1.87. The Labute approximate surface area is 50.0 Å². The molecule has 0 saturated carbocycles. The maximum Gasteiger partial charge on any atom is 0.186 e. The van der Waals surface area contributed by atoms with Gasteiger partial charge in [0.25, 0.3) is 0 Å². The zero-order valence-corrected chi connectivity index (χ0v) is 5.06. The summed E-state index contributed by atoms with van der Waals surface area (Å²) in [4.78, 5) is 0. The lowest BCUT2D eigenvalue weighted by Gasteiger charge is -2.12. The van der Waals surface area contributed by atoms with E-state index in [1.54, 1.807) is 6.92 Å². The summed E-state index contributed by atoms with van der Waals surface area (Å²) in [5.41, 5.74) is -0.819. The highest BCUT2D eigenvalue weighted by molar-refractivity contribution is 5.22. The molecule has 0 heterocycles. The second kappa shape index (κ2) is 2.40. The lowest BCUT2D eigenvalue weighted by Crippen LogP contribution is -2.21. The Balaban J connectivity index is 4.11. The molecule has 0 aromatic heterocycles. The van der Waals surface area contributed by atoms with Crippen LogP contribution in [0.3, 0.4) is 0 Å². The molecule has 0 amide bonds. The molecule has 0 saturated heterocycles. The Hall–Kier alpha value is -0.920. The van der Waals surface area contributed by atoms with Gasteiger partial charge in [0.2, 0.25) is 0 Å². The molecule has 0 N–H and O–H groups in total. The average molecular weight is 108 g/mol. The van der Waals surface area contributed by atoms with Crippen molar-refractivity contribution in [1.82, 2.24) is 0 Å². The monoisotopic (exact) mass is 108 g/mol. The Morgan fingerprint density at radius 2 is 1.75 bits per heavy atom. The topological polar surface area (TPSA) is 9.23 Å². The molecule has 42 valence electrons. The molecular weight excluding hydrogens is 100 g/mol. The summed E-state index contributed by atoms with van der Waals surface area (Å²) >= 11 is 0. The van der Waals surface area contributed by atoms with Crippen LogP contribution in [-0.4, -0.2) is 12.7 Å². The van der Waals surface area contributed by atoms with Gasteiger partial charge in [0.15, 0.2) is 5.60 Å². The van der Waals surface area contributed by atoms with Gasteiger partial charge in [-0.15, -0.1) is 12.8 Å². The predicted molar refractivity (Wildman–Crippen MR) is 33.1 cm³/mol. The highest BCUT2D eigenvalue weighted by atomic mass is 16.5. The minimum Gasteiger partial charge on any atom is -0.355 e. The fraction of sp³-hybridized carbons (Fsp3) is 0.429. The molecule has 8 heavy (non-hydrogen) atoms. The van der Waals surface area contributed by atoms with Crippen molar-refractivity contribution in [3.8, 4) is 24.7 Å². The van der Waals surface area contributed by atoms with E-state index in [0.29, 0.717) is 0 Å². The standard InChI is InChI=1S/C7H8O/c1-5-7(3,6-2)8-4/h1-2H,3-4H3. The molecule has 0 fully saturated rings. The van der Waals surface area contributed by atoms with E-state index in [9.17, 15) is 0 Å². The van der Waals surface area contributed by atoms with Crippen molar-refractivity contribution in [2.75, 3.05) is 7.11 Å². The van der Waals surface area contributed by atoms with Crippen LogP contribution >= 0.6 is 0 Å². The fourth-order valence-corrected chi connectivity index (χ4v) is 0.160. The van der Waals surface area contributed by atoms with Gasteiger partial charge in [-0.2, -0.15) is 0 Å². The zero-order chi connectivity index (χ0) is 6.62. The Morgan fingerprint density at radius 1 is 1.38 bits per heavy atom. The molecule has 0 aromatic rings. The molecule has 0 atom stereocenters. The summed E-state index contributed by atoms with van der Waals surface area (Å²) in [6.07, 6.45) is 10.0. The van der Waals surface area contributed by atoms with Gasteiger partial charge in [-0.3, -0.25) is 0 Å². The van der Waals surface area contributed by atoms with Gasteiger partial charge >= 0.3 is 0 Å². The number of ether oxygens (including phenoxy) is 1. The first-order valence-electron chi connectivity index (χ1n) is 2.19. The van der Waals surface area contributed by atoms with E-state index in [1.807, 2.05) is 0 Å². The first-order chi connectivity index (χ1) is 3.68. The number of hydrogen-bond donors (Lipinski definition) is 0. The van der Waals surface area contributed by atoms with Crippen LogP contribution in [0.1, 0.15) is 6.92 Å². The molecule has 0 aliphatic carbocycles. The van der Waals surface area contributed by atoms with E-state index in [-0.39, 0.29) is 0 Å². The summed E-state index contributed by atoms with van der Waals surface area (Å²) in [6, 6.07) is 0. The summed E-state index contributed by atoms with van der Waals surface area (Å²) in [6.45, 7) is 1.66. The Morgan fingerprint density at radius 3 is 1.75 bits per heavy atom. The highest BCUT2D eigenvalue weighted by Gasteiger charge is 2.13. The van der Waals surface area contributed by atoms with Crippen molar-refractivity contribution in [2.45, 2.75) is 12.5 Å². The lowest BCUT2D eigenvalue weighted by molar-refractivity contribution is 0.108. The molecule has 1 heteroatoms. The molecule has 0 aliphatic rings. The smallest absolute Gasteiger partial charge is 0.186 e. The summed E-state index contributed by atoms with van der Waals surface area (Å²) in [5, 5.41) is 0. The Kier molecular flexibility index (Phi) is 2.13. The molecule has 0 unspecified atom stereocenters. The zero-order valence-electron chi connectivity index (χ0n) is 5.06. The van der Waals surface area contributed by atoms with Gasteiger partial charge in [0.05, 0.1) is 0 Å². The quantitative estimate of drug-likeness (QED) is 0.448. The van der Waals surface area contributed by atoms with Crippen LogP contribution in [-0.2, 0) is 4.74 Å². The third-order valence-electron chi connectivity index (χ3n) is 0.959. The molecule has 0 rings (SSSR count). The molecule has 0 radical (unpaired) electrons. The van der Waals surface area contributed by atoms with Crippen LogP contribution in [0.25, 0.3) is 0 Å². The minimum atomic E-state index is -0.819. The molecule has 0 spiro atoms. The summed E-state index contributed by atoms with van der Waals surface area (Å²) < 4.78 is 4.76. The molecular formula is C7H8O. The van der Waals surface area contributed by atoms with E-state index in [1.165, 1.54) is 7.11 Å². The predicted octanol–water partition coefficient (Wildman–Crippen LogP) is 0.658. The van der Waals surface area contributed by atoms with E-state index in [0.717, 1.165) is 0 Å². The fourth-order valence-electron chi connectivity index (χ4n) is 0.160. The summed E-state index contributed by atoms with van der Waals surface area (Å²) in [7, 11) is 1.49. The third-order valence-corrected chi connectivity index (χ3v) is 0.959. The maximum absolute atomic E-state index is 5.01. The number of methoxy groups -OCH3 is 1. The van der Waals surface area contributed by atoms with Gasteiger partial charge in [-0.25, -0.2) is 0 Å². The maximum atomic E-state index is 5.01. The van der Waals surface area contributed by atoms with Crippen molar-refractivity contribution in [2.24, 2.45) is 0 Å². The highest BCUT2D eigenvalue weighted by Crippen LogP contribution is 2.02. The largest absolute Gasteiger partial charge is 0.355 e. The van der Waals surface area contributed by atoms with Crippen LogP contribution in [0, 0.1) is 24.7 Å². The van der Waals surface area contributed by atoms with Gasteiger partial charge in [-0.1, -0.05) is 11.8 Å². The van der Waals surface area contributed by atoms with E-state index in [2.05, 4.69) is 11.8 Å².